The third-order valence-corrected chi connectivity index (χ3v) is 5.70. The molecule has 9 heteroatoms. The van der Waals surface area contributed by atoms with Gasteiger partial charge in [-0.1, -0.05) is 17.7 Å². The van der Waals surface area contributed by atoms with E-state index in [0.29, 0.717) is 22.0 Å². The quantitative estimate of drug-likeness (QED) is 0.391. The minimum Gasteiger partial charge on any atom is -0.489 e. The number of carbonyl (C=O) groups is 2. The van der Waals surface area contributed by atoms with Gasteiger partial charge in [0.1, 0.15) is 24.0 Å². The van der Waals surface area contributed by atoms with Gasteiger partial charge in [-0.05, 0) is 66.2 Å². The minimum absolute atomic E-state index is 0.00987. The lowest BCUT2D eigenvalue weighted by atomic mass is 10.1. The number of carbonyl (C=O) groups excluding carboxylic acids is 2. The Labute approximate surface area is 199 Å². The lowest BCUT2D eigenvalue weighted by Gasteiger charge is -2.16. The number of anilines is 1. The fourth-order valence-electron chi connectivity index (χ4n) is 3.49. The molecule has 4 rings (SSSR count). The van der Waals surface area contributed by atoms with E-state index in [1.165, 1.54) is 47.5 Å². The molecule has 174 valence electrons. The van der Waals surface area contributed by atoms with E-state index in [4.69, 9.17) is 16.3 Å². The average molecular weight is 484 g/mol. The predicted octanol–water partition coefficient (Wildman–Crippen LogP) is 4.70. The van der Waals surface area contributed by atoms with Gasteiger partial charge in [-0.2, -0.15) is 5.10 Å². The molecular weight excluding hydrogens is 464 g/mol. The standard InChI is InChI=1S/C25H20ClF2N3O3/c26-22-2-1-3-23(28)21(22)15-34-20-10-4-16(5-11-20)13-29-30-25(33)17-12-24(32)31(14-17)19-8-6-18(27)7-9-19/h1-11,13,17H,12,14-15H2,(H,30,33)/b29-13-/t17-/m0/s1. The molecule has 3 aromatic carbocycles. The van der Waals surface area contributed by atoms with Gasteiger partial charge >= 0.3 is 0 Å². The second-order valence-corrected chi connectivity index (χ2v) is 8.08. The molecular formula is C25H20ClF2N3O3. The number of hydrazone groups is 1. The first kappa shape index (κ1) is 23.4. The Bertz CT molecular complexity index is 1200. The first-order chi connectivity index (χ1) is 16.4. The van der Waals surface area contributed by atoms with Crippen LogP contribution in [-0.4, -0.2) is 24.6 Å². The zero-order chi connectivity index (χ0) is 24.1. The highest BCUT2D eigenvalue weighted by molar-refractivity contribution is 6.31. The summed E-state index contributed by atoms with van der Waals surface area (Å²) in [6.45, 7) is 0.188. The Kier molecular flexibility index (Phi) is 7.18. The Balaban J connectivity index is 1.28. The van der Waals surface area contributed by atoms with Gasteiger partial charge in [-0.3, -0.25) is 9.59 Å². The molecule has 1 aliphatic heterocycles. The zero-order valence-electron chi connectivity index (χ0n) is 17.9. The lowest BCUT2D eigenvalue weighted by molar-refractivity contribution is -0.126. The molecule has 0 aromatic heterocycles. The topological polar surface area (TPSA) is 71.0 Å². The smallest absolute Gasteiger partial charge is 0.245 e. The van der Waals surface area contributed by atoms with Gasteiger partial charge < -0.3 is 9.64 Å². The molecule has 6 nitrogen and oxygen atoms in total. The first-order valence-electron chi connectivity index (χ1n) is 10.5. The molecule has 1 aliphatic rings. The van der Waals surface area contributed by atoms with Crippen molar-refractivity contribution >= 4 is 35.3 Å². The monoisotopic (exact) mass is 483 g/mol. The van der Waals surface area contributed by atoms with Gasteiger partial charge in [0, 0.05) is 24.2 Å². The minimum atomic E-state index is -0.560. The highest BCUT2D eigenvalue weighted by atomic mass is 35.5. The molecule has 0 spiro atoms. The molecule has 0 bridgehead atoms. The highest BCUT2D eigenvalue weighted by Gasteiger charge is 2.35. The van der Waals surface area contributed by atoms with Crippen LogP contribution in [0, 0.1) is 17.6 Å². The van der Waals surface area contributed by atoms with Gasteiger partial charge in [-0.15, -0.1) is 0 Å². The summed E-state index contributed by atoms with van der Waals surface area (Å²) in [6, 6.07) is 16.8. The molecule has 34 heavy (non-hydrogen) atoms. The lowest BCUT2D eigenvalue weighted by Crippen LogP contribution is -2.30. The molecule has 1 fully saturated rings. The summed E-state index contributed by atoms with van der Waals surface area (Å²) in [5.74, 6) is -1.45. The second-order valence-electron chi connectivity index (χ2n) is 7.67. The van der Waals surface area contributed by atoms with Crippen LogP contribution in [0.1, 0.15) is 17.5 Å². The van der Waals surface area contributed by atoms with Gasteiger partial charge in [-0.25, -0.2) is 14.2 Å². The molecule has 0 saturated carbocycles. The number of nitrogens with zero attached hydrogens (tertiary/aromatic N) is 2. The van der Waals surface area contributed by atoms with Crippen molar-refractivity contribution in [2.75, 3.05) is 11.4 Å². The molecule has 1 N–H and O–H groups in total. The third kappa shape index (κ3) is 5.58. The number of benzene rings is 3. The fourth-order valence-corrected chi connectivity index (χ4v) is 3.71. The van der Waals surface area contributed by atoms with Gasteiger partial charge in [0.15, 0.2) is 0 Å². The van der Waals surface area contributed by atoms with Crippen LogP contribution in [0.5, 0.6) is 5.75 Å². The van der Waals surface area contributed by atoms with E-state index < -0.39 is 17.6 Å². The first-order valence-corrected chi connectivity index (χ1v) is 10.8. The van der Waals surface area contributed by atoms with Crippen molar-refractivity contribution < 1.29 is 23.1 Å². The van der Waals surface area contributed by atoms with Gasteiger partial charge in [0.05, 0.1) is 17.2 Å². The average Bonchev–Trinajstić information content (AvgIpc) is 3.22. The van der Waals surface area contributed by atoms with E-state index in [1.54, 1.807) is 30.3 Å². The maximum atomic E-state index is 13.8. The number of hydrogen-bond donors (Lipinski definition) is 1. The summed E-state index contributed by atoms with van der Waals surface area (Å²) in [4.78, 5) is 26.1. The summed E-state index contributed by atoms with van der Waals surface area (Å²) in [6.07, 6.45) is 1.51. The van der Waals surface area contributed by atoms with Crippen LogP contribution in [0.25, 0.3) is 0 Å². The molecule has 2 amide bonds. The normalized spacial score (nSPS) is 15.7. The third-order valence-electron chi connectivity index (χ3n) is 5.35. The number of nitrogens with one attached hydrogen (secondary N) is 1. The van der Waals surface area contributed by atoms with Crippen molar-refractivity contribution in [3.05, 3.63) is 94.5 Å². The van der Waals surface area contributed by atoms with Gasteiger partial charge in [0.25, 0.3) is 0 Å². The van der Waals surface area contributed by atoms with Crippen LogP contribution in [0.3, 0.4) is 0 Å². The van der Waals surface area contributed by atoms with Crippen LogP contribution < -0.4 is 15.1 Å². The molecule has 1 saturated heterocycles. The van der Waals surface area contributed by atoms with Crippen LogP contribution in [0.4, 0.5) is 14.5 Å². The van der Waals surface area contributed by atoms with Crippen molar-refractivity contribution in [2.45, 2.75) is 13.0 Å². The van der Waals surface area contributed by atoms with Crippen molar-refractivity contribution in [3.8, 4) is 5.75 Å². The summed E-state index contributed by atoms with van der Waals surface area (Å²) in [5, 5.41) is 4.25. The van der Waals surface area contributed by atoms with Crippen molar-refractivity contribution in [2.24, 2.45) is 11.0 Å². The highest BCUT2D eigenvalue weighted by Crippen LogP contribution is 2.25. The summed E-state index contributed by atoms with van der Waals surface area (Å²) >= 11 is 6.00. The number of hydrogen-bond acceptors (Lipinski definition) is 4. The van der Waals surface area contributed by atoms with E-state index >= 15 is 0 Å². The van der Waals surface area contributed by atoms with E-state index in [9.17, 15) is 18.4 Å². The Morgan fingerprint density at radius 1 is 1.12 bits per heavy atom. The molecule has 1 heterocycles. The molecule has 1 atom stereocenters. The van der Waals surface area contributed by atoms with Gasteiger partial charge in [0.2, 0.25) is 11.8 Å². The summed E-state index contributed by atoms with van der Waals surface area (Å²) in [5.41, 5.74) is 3.98. The number of amides is 2. The number of ether oxygens (including phenoxy) is 1. The molecule has 3 aromatic rings. The predicted molar refractivity (Wildman–Crippen MR) is 125 cm³/mol. The van der Waals surface area contributed by atoms with Crippen LogP contribution >= 0.6 is 11.6 Å². The van der Waals surface area contributed by atoms with Crippen molar-refractivity contribution in [1.82, 2.24) is 5.43 Å². The molecule has 0 aliphatic carbocycles. The Hall–Kier alpha value is -3.78. The largest absolute Gasteiger partial charge is 0.489 e. The Morgan fingerprint density at radius 3 is 2.56 bits per heavy atom. The Morgan fingerprint density at radius 2 is 1.85 bits per heavy atom. The van der Waals surface area contributed by atoms with E-state index in [1.807, 2.05) is 0 Å². The van der Waals surface area contributed by atoms with Crippen molar-refractivity contribution in [1.29, 1.82) is 0 Å². The maximum Gasteiger partial charge on any atom is 0.245 e. The number of halogens is 3. The van der Waals surface area contributed by atoms with Crippen LogP contribution in [0.2, 0.25) is 5.02 Å². The van der Waals surface area contributed by atoms with E-state index in [0.717, 1.165) is 0 Å². The second kappa shape index (κ2) is 10.4. The summed E-state index contributed by atoms with van der Waals surface area (Å²) in [7, 11) is 0. The van der Waals surface area contributed by atoms with Crippen molar-refractivity contribution in [3.63, 3.8) is 0 Å². The van der Waals surface area contributed by atoms with Crippen LogP contribution in [0.15, 0.2) is 71.8 Å². The summed E-state index contributed by atoms with van der Waals surface area (Å²) < 4.78 is 32.5. The number of rotatable bonds is 7. The van der Waals surface area contributed by atoms with Crippen LogP contribution in [-0.2, 0) is 16.2 Å². The molecule has 0 radical (unpaired) electrons. The van der Waals surface area contributed by atoms with E-state index in [-0.39, 0.29) is 37.0 Å². The molecule has 0 unspecified atom stereocenters. The van der Waals surface area contributed by atoms with E-state index in [2.05, 4.69) is 10.5 Å². The SMILES string of the molecule is O=C(N/N=C\c1ccc(OCc2c(F)cccc2Cl)cc1)[C@H]1CC(=O)N(c2ccc(F)cc2)C1. The zero-order valence-corrected chi connectivity index (χ0v) is 18.6. The maximum absolute atomic E-state index is 13.8. The fraction of sp³-hybridized carbons (Fsp3) is 0.160.